The van der Waals surface area contributed by atoms with Crippen LogP contribution in [0.3, 0.4) is 0 Å². The van der Waals surface area contributed by atoms with Gasteiger partial charge in [-0.15, -0.1) is 0 Å². The minimum Gasteiger partial charge on any atom is -0.346 e. The molecule has 0 bridgehead atoms. The quantitative estimate of drug-likeness (QED) is 0.656. The Morgan fingerprint density at radius 2 is 1.60 bits per heavy atom. The van der Waals surface area contributed by atoms with E-state index in [1.165, 1.54) is 27.6 Å². The van der Waals surface area contributed by atoms with E-state index in [0.717, 1.165) is 10.2 Å². The zero-order valence-corrected chi connectivity index (χ0v) is 10.4. The largest absolute Gasteiger partial charge is 0.346 e. The third-order valence-corrected chi connectivity index (χ3v) is 3.67. The van der Waals surface area contributed by atoms with Crippen LogP contribution in [0.1, 0.15) is 22.3 Å². The first kappa shape index (κ1) is 10.4. The van der Waals surface area contributed by atoms with Gasteiger partial charge in [-0.1, -0.05) is 18.3 Å². The van der Waals surface area contributed by atoms with Crippen LogP contribution in [0.4, 0.5) is 0 Å². The fraction of sp³-hybridized carbons (Fsp3) is 0.308. The van der Waals surface area contributed by atoms with Crippen LogP contribution in [0.2, 0.25) is 0 Å². The van der Waals surface area contributed by atoms with E-state index in [2.05, 4.69) is 44.8 Å². The molecule has 2 heteroatoms. The predicted molar refractivity (Wildman–Crippen MR) is 68.1 cm³/mol. The van der Waals surface area contributed by atoms with E-state index < -0.39 is 0 Å². The van der Waals surface area contributed by atoms with E-state index >= 15 is 0 Å². The van der Waals surface area contributed by atoms with Crippen molar-refractivity contribution in [2.75, 3.05) is 0 Å². The monoisotopic (exact) mass is 217 g/mol. The lowest BCUT2D eigenvalue weighted by atomic mass is 9.98. The summed E-state index contributed by atoms with van der Waals surface area (Å²) in [5, 5.41) is 1.32. The second kappa shape index (κ2) is 3.46. The number of fused-ring (bicyclic) bond motifs is 1. The van der Waals surface area contributed by atoms with E-state index in [0.29, 0.717) is 0 Å². The molecule has 0 aliphatic carbocycles. The van der Waals surface area contributed by atoms with Gasteiger partial charge in [-0.05, 0) is 56.0 Å². The summed E-state index contributed by atoms with van der Waals surface area (Å²) in [6.45, 7) is 8.54. The van der Waals surface area contributed by atoms with Crippen molar-refractivity contribution in [1.82, 2.24) is 4.98 Å². The lowest BCUT2D eigenvalue weighted by Crippen LogP contribution is -1.94. The number of benzene rings is 1. The fourth-order valence-corrected chi connectivity index (χ4v) is 2.24. The molecule has 0 aliphatic heterocycles. The van der Waals surface area contributed by atoms with Gasteiger partial charge in [0.2, 0.25) is 0 Å². The molecular weight excluding hydrogens is 202 g/mol. The Balaban J connectivity index is 3.07. The number of nitrogens with one attached hydrogen (secondary N) is 1. The van der Waals surface area contributed by atoms with Crippen LogP contribution in [0.25, 0.3) is 10.9 Å². The normalized spacial score (nSPS) is 10.9. The molecule has 0 saturated heterocycles. The van der Waals surface area contributed by atoms with Gasteiger partial charge >= 0.3 is 0 Å². The van der Waals surface area contributed by atoms with Crippen molar-refractivity contribution in [3.8, 4) is 0 Å². The number of pyridine rings is 1. The van der Waals surface area contributed by atoms with Gasteiger partial charge in [-0.2, -0.15) is 0 Å². The lowest BCUT2D eigenvalue weighted by molar-refractivity contribution is 1.23. The number of H-pyrrole nitrogens is 1. The SMILES string of the molecule is Cc1ccc2[nH]c(=S)c(C)c(C)c2c1C. The maximum absolute atomic E-state index is 5.29. The highest BCUT2D eigenvalue weighted by Crippen LogP contribution is 2.25. The molecule has 0 saturated carbocycles. The molecule has 0 unspecified atom stereocenters. The van der Waals surface area contributed by atoms with Crippen molar-refractivity contribution in [2.24, 2.45) is 0 Å². The van der Waals surface area contributed by atoms with Crippen LogP contribution < -0.4 is 0 Å². The Bertz CT molecular complexity index is 593. The topological polar surface area (TPSA) is 15.8 Å². The molecule has 1 aromatic carbocycles. The third-order valence-electron chi connectivity index (χ3n) is 3.26. The number of hydrogen-bond donors (Lipinski definition) is 1. The molecule has 0 aliphatic rings. The zero-order chi connectivity index (χ0) is 11.2. The van der Waals surface area contributed by atoms with Gasteiger partial charge in [0.15, 0.2) is 0 Å². The van der Waals surface area contributed by atoms with Crippen molar-refractivity contribution >= 4 is 23.1 Å². The molecule has 0 atom stereocenters. The maximum atomic E-state index is 5.29. The number of aromatic amines is 1. The first-order valence-corrected chi connectivity index (χ1v) is 5.52. The molecule has 78 valence electrons. The van der Waals surface area contributed by atoms with Crippen molar-refractivity contribution in [3.05, 3.63) is 39.0 Å². The van der Waals surface area contributed by atoms with Crippen LogP contribution in [-0.2, 0) is 0 Å². The molecule has 0 radical (unpaired) electrons. The van der Waals surface area contributed by atoms with Crippen molar-refractivity contribution in [2.45, 2.75) is 27.7 Å². The molecule has 0 fully saturated rings. The van der Waals surface area contributed by atoms with Gasteiger partial charge in [0.25, 0.3) is 0 Å². The van der Waals surface area contributed by atoms with Crippen LogP contribution in [0.5, 0.6) is 0 Å². The van der Waals surface area contributed by atoms with Crippen molar-refractivity contribution in [3.63, 3.8) is 0 Å². The highest BCUT2D eigenvalue weighted by Gasteiger charge is 2.06. The molecule has 1 nitrogen and oxygen atoms in total. The van der Waals surface area contributed by atoms with Gasteiger partial charge in [0.1, 0.15) is 4.64 Å². The van der Waals surface area contributed by atoms with Gasteiger partial charge in [-0.25, -0.2) is 0 Å². The Labute approximate surface area is 95.2 Å². The average molecular weight is 217 g/mol. The van der Waals surface area contributed by atoms with Gasteiger partial charge in [0, 0.05) is 10.9 Å². The number of rotatable bonds is 0. The molecule has 2 aromatic rings. The second-order valence-corrected chi connectivity index (χ2v) is 4.54. The third kappa shape index (κ3) is 1.49. The van der Waals surface area contributed by atoms with Crippen LogP contribution in [0, 0.1) is 32.3 Å². The van der Waals surface area contributed by atoms with E-state index in [9.17, 15) is 0 Å². The molecule has 1 N–H and O–H groups in total. The molecule has 0 spiro atoms. The number of aryl methyl sites for hydroxylation is 3. The lowest BCUT2D eigenvalue weighted by Gasteiger charge is -2.11. The van der Waals surface area contributed by atoms with Gasteiger partial charge in [-0.3, -0.25) is 0 Å². The molecule has 15 heavy (non-hydrogen) atoms. The zero-order valence-electron chi connectivity index (χ0n) is 9.56. The van der Waals surface area contributed by atoms with Crippen molar-refractivity contribution < 1.29 is 0 Å². The van der Waals surface area contributed by atoms with E-state index in [-0.39, 0.29) is 0 Å². The molecular formula is C13H15NS. The average Bonchev–Trinajstić information content (AvgIpc) is 2.20. The Hall–Kier alpha value is -1.15. The Morgan fingerprint density at radius 1 is 0.933 bits per heavy atom. The number of hydrogen-bond acceptors (Lipinski definition) is 1. The fourth-order valence-electron chi connectivity index (χ4n) is 1.98. The summed E-state index contributed by atoms with van der Waals surface area (Å²) in [7, 11) is 0. The summed E-state index contributed by atoms with van der Waals surface area (Å²) < 4.78 is 0.850. The summed E-state index contributed by atoms with van der Waals surface area (Å²) in [4.78, 5) is 3.28. The molecule has 0 amide bonds. The smallest absolute Gasteiger partial charge is 0.106 e. The highest BCUT2D eigenvalue weighted by atomic mass is 32.1. The minimum atomic E-state index is 0.850. The Kier molecular flexibility index (Phi) is 2.39. The van der Waals surface area contributed by atoms with Crippen LogP contribution in [-0.4, -0.2) is 4.98 Å². The number of aromatic nitrogens is 1. The summed E-state index contributed by atoms with van der Waals surface area (Å²) >= 11 is 5.29. The summed E-state index contributed by atoms with van der Waals surface area (Å²) in [6.07, 6.45) is 0. The highest BCUT2D eigenvalue weighted by molar-refractivity contribution is 7.71. The van der Waals surface area contributed by atoms with E-state index in [1.807, 2.05) is 0 Å². The van der Waals surface area contributed by atoms with Gasteiger partial charge in [0.05, 0.1) is 0 Å². The maximum Gasteiger partial charge on any atom is 0.106 e. The minimum absolute atomic E-state index is 0.850. The first-order valence-electron chi connectivity index (χ1n) is 5.11. The molecule has 1 heterocycles. The van der Waals surface area contributed by atoms with E-state index in [1.54, 1.807) is 0 Å². The second-order valence-electron chi connectivity index (χ2n) is 4.13. The van der Waals surface area contributed by atoms with Crippen molar-refractivity contribution in [1.29, 1.82) is 0 Å². The van der Waals surface area contributed by atoms with Gasteiger partial charge < -0.3 is 4.98 Å². The van der Waals surface area contributed by atoms with Crippen LogP contribution in [0.15, 0.2) is 12.1 Å². The standard InChI is InChI=1S/C13H15NS/c1-7-5-6-11-12(8(7)2)9(3)10(4)13(15)14-11/h5-6H,1-4H3,(H,14,15). The Morgan fingerprint density at radius 3 is 2.27 bits per heavy atom. The summed E-state index contributed by atoms with van der Waals surface area (Å²) in [5.74, 6) is 0. The molecule has 2 rings (SSSR count). The van der Waals surface area contributed by atoms with E-state index in [4.69, 9.17) is 12.2 Å². The summed E-state index contributed by atoms with van der Waals surface area (Å²) in [5.41, 5.74) is 6.31. The molecule has 1 aromatic heterocycles. The van der Waals surface area contributed by atoms with Crippen LogP contribution >= 0.6 is 12.2 Å². The first-order chi connectivity index (χ1) is 7.02. The predicted octanol–water partition coefficient (Wildman–Crippen LogP) is 4.13. The summed E-state index contributed by atoms with van der Waals surface area (Å²) in [6, 6.07) is 4.25.